The number of nitrogen functional groups attached to an aromatic ring is 1. The van der Waals surface area contributed by atoms with E-state index in [0.29, 0.717) is 5.82 Å². The van der Waals surface area contributed by atoms with E-state index >= 15 is 0 Å². The van der Waals surface area contributed by atoms with E-state index in [1.807, 2.05) is 29.8 Å². The van der Waals surface area contributed by atoms with Crippen molar-refractivity contribution in [2.24, 2.45) is 7.05 Å². The normalized spacial score (nSPS) is 11.7. The summed E-state index contributed by atoms with van der Waals surface area (Å²) in [6.07, 6.45) is 0. The number of halogens is 1. The first kappa shape index (κ1) is 14.9. The fraction of sp³-hybridized carbons (Fsp3) is 0.400. The van der Waals surface area contributed by atoms with Gasteiger partial charge in [0.25, 0.3) is 0 Å². The summed E-state index contributed by atoms with van der Waals surface area (Å²) in [6.45, 7) is 6.37. The fourth-order valence-corrected chi connectivity index (χ4v) is 2.61. The number of rotatable bonds is 2. The van der Waals surface area contributed by atoms with Gasteiger partial charge in [0, 0.05) is 22.5 Å². The van der Waals surface area contributed by atoms with Gasteiger partial charge in [0.1, 0.15) is 23.1 Å². The molecule has 0 aliphatic rings. The van der Waals surface area contributed by atoms with E-state index in [1.165, 1.54) is 0 Å². The molecule has 2 rings (SSSR count). The Bertz CT molecular complexity index is 641. The maximum atomic E-state index is 6.24. The van der Waals surface area contributed by atoms with E-state index in [1.54, 1.807) is 7.11 Å². The number of hydrogen-bond donors (Lipinski definition) is 1. The third kappa shape index (κ3) is 2.54. The lowest BCUT2D eigenvalue weighted by Crippen LogP contribution is -2.17. The number of aromatic nitrogens is 2. The van der Waals surface area contributed by atoms with Crippen molar-refractivity contribution in [2.45, 2.75) is 26.2 Å². The van der Waals surface area contributed by atoms with E-state index in [4.69, 9.17) is 15.5 Å². The van der Waals surface area contributed by atoms with E-state index in [9.17, 15) is 0 Å². The molecule has 0 saturated carbocycles. The number of nitrogens with zero attached hydrogens (tertiary/aromatic N) is 2. The van der Waals surface area contributed by atoms with Crippen LogP contribution in [0.2, 0.25) is 0 Å². The molecule has 0 radical (unpaired) electrons. The summed E-state index contributed by atoms with van der Waals surface area (Å²) in [6, 6.07) is 5.82. The van der Waals surface area contributed by atoms with Crippen molar-refractivity contribution in [1.82, 2.24) is 9.55 Å². The van der Waals surface area contributed by atoms with Crippen LogP contribution in [0.1, 0.15) is 26.6 Å². The molecule has 1 aromatic carbocycles. The molecule has 4 nitrogen and oxygen atoms in total. The maximum absolute atomic E-state index is 6.24. The number of imidazole rings is 1. The van der Waals surface area contributed by atoms with Gasteiger partial charge in [-0.3, -0.25) is 0 Å². The van der Waals surface area contributed by atoms with Crippen molar-refractivity contribution < 1.29 is 4.74 Å². The second-order valence-electron chi connectivity index (χ2n) is 5.82. The molecule has 2 aromatic rings. The standard InChI is InChI=1S/C15H20BrN3O/c1-15(2,3)14-18-12(13(17)19(14)4)10-8-9(16)6-7-11(10)20-5/h6-8H,17H2,1-5H3. The lowest BCUT2D eigenvalue weighted by Gasteiger charge is -2.17. The van der Waals surface area contributed by atoms with Crippen molar-refractivity contribution in [3.8, 4) is 17.0 Å². The molecular weight excluding hydrogens is 318 g/mol. The molecule has 0 fully saturated rings. The van der Waals surface area contributed by atoms with Crippen LogP contribution in [0, 0.1) is 0 Å². The van der Waals surface area contributed by atoms with Crippen LogP contribution in [0.15, 0.2) is 22.7 Å². The summed E-state index contributed by atoms with van der Waals surface area (Å²) in [5.41, 5.74) is 7.82. The Kier molecular flexibility index (Phi) is 3.82. The minimum atomic E-state index is -0.0691. The number of hydrogen-bond acceptors (Lipinski definition) is 3. The molecule has 5 heteroatoms. The number of benzene rings is 1. The highest BCUT2D eigenvalue weighted by Crippen LogP contribution is 2.37. The molecule has 0 amide bonds. The third-order valence-electron chi connectivity index (χ3n) is 3.23. The Hall–Kier alpha value is -1.49. The molecule has 20 heavy (non-hydrogen) atoms. The van der Waals surface area contributed by atoms with Crippen molar-refractivity contribution in [3.05, 3.63) is 28.5 Å². The SMILES string of the molecule is COc1ccc(Br)cc1-c1nc(C(C)(C)C)n(C)c1N. The molecular formula is C15H20BrN3O. The zero-order valence-corrected chi connectivity index (χ0v) is 14.1. The van der Waals surface area contributed by atoms with Gasteiger partial charge >= 0.3 is 0 Å². The number of nitrogens with two attached hydrogens (primary N) is 1. The van der Waals surface area contributed by atoms with Gasteiger partial charge in [-0.1, -0.05) is 36.7 Å². The maximum Gasteiger partial charge on any atom is 0.131 e. The van der Waals surface area contributed by atoms with Crippen LogP contribution >= 0.6 is 15.9 Å². The van der Waals surface area contributed by atoms with Crippen LogP contribution in [0.4, 0.5) is 5.82 Å². The number of anilines is 1. The lowest BCUT2D eigenvalue weighted by atomic mass is 9.96. The summed E-state index contributed by atoms with van der Waals surface area (Å²) in [7, 11) is 3.59. The second-order valence-corrected chi connectivity index (χ2v) is 6.74. The highest BCUT2D eigenvalue weighted by Gasteiger charge is 2.25. The van der Waals surface area contributed by atoms with Gasteiger partial charge in [-0.2, -0.15) is 0 Å². The summed E-state index contributed by atoms with van der Waals surface area (Å²) in [5.74, 6) is 2.36. The molecule has 0 aliphatic heterocycles. The summed E-state index contributed by atoms with van der Waals surface area (Å²) in [5, 5.41) is 0. The fourth-order valence-electron chi connectivity index (χ4n) is 2.25. The number of ether oxygens (including phenoxy) is 1. The molecule has 0 spiro atoms. The van der Waals surface area contributed by atoms with Crippen LogP contribution in [0.25, 0.3) is 11.3 Å². The highest BCUT2D eigenvalue weighted by molar-refractivity contribution is 9.10. The molecule has 108 valence electrons. The second kappa shape index (κ2) is 5.13. The zero-order chi connectivity index (χ0) is 15.1. The largest absolute Gasteiger partial charge is 0.496 e. The molecule has 0 saturated heterocycles. The molecule has 1 heterocycles. The molecule has 0 bridgehead atoms. The minimum Gasteiger partial charge on any atom is -0.496 e. The highest BCUT2D eigenvalue weighted by atomic mass is 79.9. The van der Waals surface area contributed by atoms with Gasteiger partial charge in [-0.25, -0.2) is 4.98 Å². The quantitative estimate of drug-likeness (QED) is 0.908. The molecule has 2 N–H and O–H groups in total. The Balaban J connectivity index is 2.68. The van der Waals surface area contributed by atoms with Crippen molar-refractivity contribution in [2.75, 3.05) is 12.8 Å². The third-order valence-corrected chi connectivity index (χ3v) is 3.72. The van der Waals surface area contributed by atoms with Crippen LogP contribution in [0.3, 0.4) is 0 Å². The molecule has 0 aliphatic carbocycles. The summed E-state index contributed by atoms with van der Waals surface area (Å²) in [4.78, 5) is 4.74. The van der Waals surface area contributed by atoms with Crippen LogP contribution in [-0.4, -0.2) is 16.7 Å². The molecule has 0 unspecified atom stereocenters. The Morgan fingerprint density at radius 3 is 2.45 bits per heavy atom. The van der Waals surface area contributed by atoms with E-state index < -0.39 is 0 Å². The minimum absolute atomic E-state index is 0.0691. The Morgan fingerprint density at radius 2 is 1.95 bits per heavy atom. The monoisotopic (exact) mass is 337 g/mol. The number of methoxy groups -OCH3 is 1. The lowest BCUT2D eigenvalue weighted by molar-refractivity contribution is 0.416. The molecule has 0 atom stereocenters. The predicted octanol–water partition coefficient (Wildman–Crippen LogP) is 3.74. The average molecular weight is 338 g/mol. The van der Waals surface area contributed by atoms with Crippen molar-refractivity contribution in [1.29, 1.82) is 0 Å². The van der Waals surface area contributed by atoms with Gasteiger partial charge in [0.2, 0.25) is 0 Å². The first-order chi connectivity index (χ1) is 9.25. The van der Waals surface area contributed by atoms with E-state index in [2.05, 4.69) is 36.7 Å². The first-order valence-electron chi connectivity index (χ1n) is 6.42. The Labute approximate surface area is 128 Å². The van der Waals surface area contributed by atoms with Gasteiger partial charge < -0.3 is 15.0 Å². The van der Waals surface area contributed by atoms with Crippen molar-refractivity contribution in [3.63, 3.8) is 0 Å². The average Bonchev–Trinajstić information content (AvgIpc) is 2.66. The van der Waals surface area contributed by atoms with Crippen LogP contribution < -0.4 is 10.5 Å². The summed E-state index contributed by atoms with van der Waals surface area (Å²) >= 11 is 3.48. The van der Waals surface area contributed by atoms with E-state index in [-0.39, 0.29) is 5.41 Å². The van der Waals surface area contributed by atoms with Crippen molar-refractivity contribution >= 4 is 21.7 Å². The summed E-state index contributed by atoms with van der Waals surface area (Å²) < 4.78 is 8.33. The van der Waals surface area contributed by atoms with Crippen LogP contribution in [0.5, 0.6) is 5.75 Å². The Morgan fingerprint density at radius 1 is 1.30 bits per heavy atom. The van der Waals surface area contributed by atoms with Gasteiger partial charge in [0.05, 0.1) is 7.11 Å². The first-order valence-corrected chi connectivity index (χ1v) is 7.21. The topological polar surface area (TPSA) is 53.1 Å². The van der Waals surface area contributed by atoms with Crippen LogP contribution in [-0.2, 0) is 12.5 Å². The van der Waals surface area contributed by atoms with Gasteiger partial charge in [-0.05, 0) is 18.2 Å². The molecule has 1 aromatic heterocycles. The van der Waals surface area contributed by atoms with E-state index in [0.717, 1.165) is 27.3 Å². The smallest absolute Gasteiger partial charge is 0.131 e. The predicted molar refractivity (Wildman–Crippen MR) is 86.0 cm³/mol. The van der Waals surface area contributed by atoms with Gasteiger partial charge in [0.15, 0.2) is 0 Å². The van der Waals surface area contributed by atoms with Gasteiger partial charge in [-0.15, -0.1) is 0 Å². The zero-order valence-electron chi connectivity index (χ0n) is 12.5.